The van der Waals surface area contributed by atoms with E-state index in [9.17, 15) is 10.1 Å². The monoisotopic (exact) mass is 298 g/mol. The second-order valence-corrected chi connectivity index (χ2v) is 5.57. The van der Waals surface area contributed by atoms with Crippen molar-refractivity contribution in [3.05, 3.63) is 75.8 Å². The highest BCUT2D eigenvalue weighted by atomic mass is 16.6. The zero-order valence-electron chi connectivity index (χ0n) is 12.5. The standard InChI is InChI=1S/C17H18N2O3/c1-12-16(13-6-4-3-5-7-13)22-17(18(12)2)14-8-10-15(11-9-14)19(20)21/h3-12,16-17H,1-2H3/t12-,16-,17+/m0/s1. The lowest BCUT2D eigenvalue weighted by Crippen LogP contribution is -2.27. The third kappa shape index (κ3) is 2.61. The minimum Gasteiger partial charge on any atom is -0.349 e. The van der Waals surface area contributed by atoms with E-state index in [0.717, 1.165) is 11.1 Å². The van der Waals surface area contributed by atoms with Crippen LogP contribution >= 0.6 is 0 Å². The van der Waals surface area contributed by atoms with Gasteiger partial charge >= 0.3 is 0 Å². The maximum atomic E-state index is 10.8. The highest BCUT2D eigenvalue weighted by molar-refractivity contribution is 5.34. The first-order valence-electron chi connectivity index (χ1n) is 7.24. The van der Waals surface area contributed by atoms with Gasteiger partial charge in [0.05, 0.1) is 4.92 Å². The molecule has 22 heavy (non-hydrogen) atoms. The van der Waals surface area contributed by atoms with E-state index in [2.05, 4.69) is 24.0 Å². The van der Waals surface area contributed by atoms with Gasteiger partial charge in [-0.15, -0.1) is 0 Å². The van der Waals surface area contributed by atoms with Crippen molar-refractivity contribution in [2.24, 2.45) is 0 Å². The van der Waals surface area contributed by atoms with Gasteiger partial charge in [-0.2, -0.15) is 0 Å². The molecule has 0 N–H and O–H groups in total. The number of likely N-dealkylation sites (N-methyl/N-ethyl adjacent to an activating group) is 1. The van der Waals surface area contributed by atoms with E-state index in [-0.39, 0.29) is 24.1 Å². The molecule has 0 bridgehead atoms. The number of nitro groups is 1. The summed E-state index contributed by atoms with van der Waals surface area (Å²) in [4.78, 5) is 12.5. The van der Waals surface area contributed by atoms with E-state index in [0.29, 0.717) is 0 Å². The van der Waals surface area contributed by atoms with Crippen molar-refractivity contribution in [3.63, 3.8) is 0 Å². The van der Waals surface area contributed by atoms with Crippen molar-refractivity contribution in [1.29, 1.82) is 0 Å². The molecule has 5 heteroatoms. The summed E-state index contributed by atoms with van der Waals surface area (Å²) < 4.78 is 6.21. The Hall–Kier alpha value is -2.24. The summed E-state index contributed by atoms with van der Waals surface area (Å²) in [5.41, 5.74) is 2.17. The van der Waals surface area contributed by atoms with Crippen LogP contribution in [0.25, 0.3) is 0 Å². The van der Waals surface area contributed by atoms with Crippen LogP contribution in [0, 0.1) is 10.1 Å². The Morgan fingerprint density at radius 3 is 2.27 bits per heavy atom. The Labute approximate surface area is 129 Å². The van der Waals surface area contributed by atoms with E-state index < -0.39 is 4.92 Å². The van der Waals surface area contributed by atoms with Crippen LogP contribution < -0.4 is 0 Å². The molecule has 2 aromatic carbocycles. The third-order valence-corrected chi connectivity index (χ3v) is 4.24. The Morgan fingerprint density at radius 2 is 1.68 bits per heavy atom. The van der Waals surface area contributed by atoms with Gasteiger partial charge in [0.15, 0.2) is 0 Å². The third-order valence-electron chi connectivity index (χ3n) is 4.24. The molecule has 1 fully saturated rings. The van der Waals surface area contributed by atoms with E-state index in [1.165, 1.54) is 12.1 Å². The number of benzene rings is 2. The van der Waals surface area contributed by atoms with Crippen LogP contribution in [0.2, 0.25) is 0 Å². The number of non-ortho nitro benzene ring substituents is 1. The number of nitro benzene ring substituents is 1. The predicted molar refractivity (Wildman–Crippen MR) is 83.3 cm³/mol. The molecule has 114 valence electrons. The van der Waals surface area contributed by atoms with Gasteiger partial charge in [0.1, 0.15) is 12.3 Å². The van der Waals surface area contributed by atoms with Crippen molar-refractivity contribution in [2.45, 2.75) is 25.3 Å². The summed E-state index contributed by atoms with van der Waals surface area (Å²) in [5.74, 6) is 0. The lowest BCUT2D eigenvalue weighted by atomic mass is 10.0. The minimum atomic E-state index is -0.390. The fourth-order valence-corrected chi connectivity index (χ4v) is 2.85. The SMILES string of the molecule is C[C@H]1[C@@H](c2ccccc2)O[C@H](c2ccc([N+](=O)[O-])cc2)N1C. The Kier molecular flexibility index (Phi) is 3.92. The summed E-state index contributed by atoms with van der Waals surface area (Å²) in [6, 6.07) is 16.9. The zero-order chi connectivity index (χ0) is 15.7. The molecule has 0 saturated carbocycles. The van der Waals surface area contributed by atoms with Crippen LogP contribution in [-0.2, 0) is 4.74 Å². The molecule has 0 unspecified atom stereocenters. The zero-order valence-corrected chi connectivity index (χ0v) is 12.5. The van der Waals surface area contributed by atoms with Gasteiger partial charge in [-0.1, -0.05) is 30.3 Å². The molecular formula is C17H18N2O3. The smallest absolute Gasteiger partial charge is 0.269 e. The number of nitrogens with zero attached hydrogens (tertiary/aromatic N) is 2. The fraction of sp³-hybridized carbons (Fsp3) is 0.294. The van der Waals surface area contributed by atoms with Crippen molar-refractivity contribution >= 4 is 5.69 Å². The Bertz CT molecular complexity index is 657. The Morgan fingerprint density at radius 1 is 1.05 bits per heavy atom. The van der Waals surface area contributed by atoms with E-state index in [4.69, 9.17) is 4.74 Å². The molecule has 1 aliphatic rings. The highest BCUT2D eigenvalue weighted by Gasteiger charge is 2.38. The lowest BCUT2D eigenvalue weighted by Gasteiger charge is -2.21. The maximum absolute atomic E-state index is 10.8. The second kappa shape index (κ2) is 5.87. The first kappa shape index (κ1) is 14.7. The topological polar surface area (TPSA) is 55.6 Å². The summed E-state index contributed by atoms with van der Waals surface area (Å²) >= 11 is 0. The normalized spacial score (nSPS) is 25.3. The quantitative estimate of drug-likeness (QED) is 0.640. The lowest BCUT2D eigenvalue weighted by molar-refractivity contribution is -0.384. The fourth-order valence-electron chi connectivity index (χ4n) is 2.85. The van der Waals surface area contributed by atoms with Gasteiger partial charge in [-0.25, -0.2) is 0 Å². The predicted octanol–water partition coefficient (Wildman–Crippen LogP) is 3.69. The van der Waals surface area contributed by atoms with Crippen LogP contribution in [0.1, 0.15) is 30.4 Å². The summed E-state index contributed by atoms with van der Waals surface area (Å²) in [6.45, 7) is 2.13. The molecular weight excluding hydrogens is 280 g/mol. The summed E-state index contributed by atoms with van der Waals surface area (Å²) in [7, 11) is 2.01. The van der Waals surface area contributed by atoms with E-state index in [1.807, 2.05) is 25.2 Å². The molecule has 0 spiro atoms. The molecule has 2 aromatic rings. The number of ether oxygens (including phenoxy) is 1. The van der Waals surface area contributed by atoms with Gasteiger partial charge in [0, 0.05) is 18.2 Å². The molecule has 5 nitrogen and oxygen atoms in total. The second-order valence-electron chi connectivity index (χ2n) is 5.57. The molecule has 1 aliphatic heterocycles. The van der Waals surface area contributed by atoms with Gasteiger partial charge < -0.3 is 4.74 Å². The first-order chi connectivity index (χ1) is 10.6. The minimum absolute atomic E-state index is 0.00797. The number of rotatable bonds is 3. The largest absolute Gasteiger partial charge is 0.349 e. The molecule has 1 heterocycles. The van der Waals surface area contributed by atoms with E-state index >= 15 is 0 Å². The molecule has 3 rings (SSSR count). The van der Waals surface area contributed by atoms with Crippen LogP contribution in [0.3, 0.4) is 0 Å². The van der Waals surface area contributed by atoms with Crippen LogP contribution in [0.5, 0.6) is 0 Å². The first-order valence-corrected chi connectivity index (χ1v) is 7.24. The van der Waals surface area contributed by atoms with Crippen molar-refractivity contribution < 1.29 is 9.66 Å². The Balaban J connectivity index is 1.85. The van der Waals surface area contributed by atoms with Crippen LogP contribution in [0.4, 0.5) is 5.69 Å². The number of hydrogen-bond donors (Lipinski definition) is 0. The van der Waals surface area contributed by atoms with Gasteiger partial charge in [0.2, 0.25) is 0 Å². The van der Waals surface area contributed by atoms with Crippen LogP contribution in [0.15, 0.2) is 54.6 Å². The molecule has 0 aromatic heterocycles. The van der Waals surface area contributed by atoms with Crippen LogP contribution in [-0.4, -0.2) is 22.9 Å². The molecule has 1 saturated heterocycles. The molecule has 0 aliphatic carbocycles. The average molecular weight is 298 g/mol. The van der Waals surface area contributed by atoms with Crippen molar-refractivity contribution in [1.82, 2.24) is 4.90 Å². The maximum Gasteiger partial charge on any atom is 0.269 e. The number of hydrogen-bond acceptors (Lipinski definition) is 4. The molecule has 0 amide bonds. The van der Waals surface area contributed by atoms with Gasteiger partial charge in [-0.3, -0.25) is 15.0 Å². The summed E-state index contributed by atoms with van der Waals surface area (Å²) in [6.07, 6.45) is -0.201. The molecule has 3 atom stereocenters. The van der Waals surface area contributed by atoms with Crippen molar-refractivity contribution in [2.75, 3.05) is 7.05 Å². The van der Waals surface area contributed by atoms with Gasteiger partial charge in [0.25, 0.3) is 5.69 Å². The van der Waals surface area contributed by atoms with Gasteiger partial charge in [-0.05, 0) is 37.2 Å². The van der Waals surface area contributed by atoms with E-state index in [1.54, 1.807) is 12.1 Å². The molecule has 0 radical (unpaired) electrons. The van der Waals surface area contributed by atoms with Crippen molar-refractivity contribution in [3.8, 4) is 0 Å². The summed E-state index contributed by atoms with van der Waals surface area (Å²) in [5, 5.41) is 10.8. The highest BCUT2D eigenvalue weighted by Crippen LogP contribution is 2.41. The average Bonchev–Trinajstić information content (AvgIpc) is 2.84.